The molecular weight excluding hydrogens is 302 g/mol. The highest BCUT2D eigenvalue weighted by Gasteiger charge is 2.35. The number of morpholine rings is 1. The molecule has 4 heterocycles. The molecule has 0 aliphatic carbocycles. The number of nitrogens with zero attached hydrogens (tertiary/aromatic N) is 2. The minimum atomic E-state index is 0.422. The van der Waals surface area contributed by atoms with Crippen molar-refractivity contribution in [2.24, 2.45) is 11.8 Å². The zero-order chi connectivity index (χ0) is 16.4. The number of hydrogen-bond donors (Lipinski definition) is 1. The van der Waals surface area contributed by atoms with Crippen LogP contribution in [-0.4, -0.2) is 73.7 Å². The van der Waals surface area contributed by atoms with E-state index in [0.29, 0.717) is 23.9 Å². The molecule has 1 N–H and O–H groups in total. The summed E-state index contributed by atoms with van der Waals surface area (Å²) in [4.78, 5) is 17.4. The van der Waals surface area contributed by atoms with Gasteiger partial charge in [0.1, 0.15) is 0 Å². The van der Waals surface area contributed by atoms with Gasteiger partial charge in [0.2, 0.25) is 5.91 Å². The van der Waals surface area contributed by atoms with Gasteiger partial charge >= 0.3 is 0 Å². The molecule has 4 aliphatic heterocycles. The number of carbonyl (C=O) groups is 1. The van der Waals surface area contributed by atoms with Gasteiger partial charge < -0.3 is 15.0 Å². The van der Waals surface area contributed by atoms with Crippen LogP contribution in [-0.2, 0) is 9.53 Å². The quantitative estimate of drug-likeness (QED) is 0.845. The number of hydrogen-bond acceptors (Lipinski definition) is 4. The van der Waals surface area contributed by atoms with Gasteiger partial charge in [-0.1, -0.05) is 0 Å². The van der Waals surface area contributed by atoms with Crippen LogP contribution in [0.4, 0.5) is 0 Å². The SMILES string of the molecule is O=C(CC1C[C@H]2CC[C@@H](C1)N2)N1CCC(CN2CCOCC2)CC1. The Morgan fingerprint density at radius 1 is 0.917 bits per heavy atom. The molecule has 0 aromatic heterocycles. The summed E-state index contributed by atoms with van der Waals surface area (Å²) in [7, 11) is 0. The van der Waals surface area contributed by atoms with Gasteiger partial charge in [-0.15, -0.1) is 0 Å². The molecule has 4 fully saturated rings. The number of nitrogens with one attached hydrogen (secondary N) is 1. The van der Waals surface area contributed by atoms with Gasteiger partial charge in [0.25, 0.3) is 0 Å². The van der Waals surface area contributed by atoms with Crippen LogP contribution in [0.15, 0.2) is 0 Å². The molecule has 5 heteroatoms. The van der Waals surface area contributed by atoms with Crippen LogP contribution >= 0.6 is 0 Å². The Hall–Kier alpha value is -0.650. The topological polar surface area (TPSA) is 44.8 Å². The third kappa shape index (κ3) is 4.12. The van der Waals surface area contributed by atoms with Crippen molar-refractivity contribution in [3.8, 4) is 0 Å². The summed E-state index contributed by atoms with van der Waals surface area (Å²) in [6, 6.07) is 1.39. The monoisotopic (exact) mass is 335 g/mol. The summed E-state index contributed by atoms with van der Waals surface area (Å²) in [5.41, 5.74) is 0. The summed E-state index contributed by atoms with van der Waals surface area (Å²) in [6.45, 7) is 7.08. The number of likely N-dealkylation sites (tertiary alicyclic amines) is 1. The number of rotatable bonds is 4. The molecule has 0 radical (unpaired) electrons. The fourth-order valence-electron chi connectivity index (χ4n) is 5.23. The lowest BCUT2D eigenvalue weighted by molar-refractivity contribution is -0.134. The van der Waals surface area contributed by atoms with Crippen molar-refractivity contribution in [1.82, 2.24) is 15.1 Å². The normalized spacial score (nSPS) is 35.3. The first-order valence-electron chi connectivity index (χ1n) is 10.1. The molecule has 5 nitrogen and oxygen atoms in total. The standard InChI is InChI=1S/C19H33N3O2/c23-19(13-16-11-17-1-2-18(12-16)20-17)22-5-3-15(4-6-22)14-21-7-9-24-10-8-21/h15-18,20H,1-14H2/t16?,17-,18+. The second kappa shape index (κ2) is 7.71. The Morgan fingerprint density at radius 3 is 2.25 bits per heavy atom. The molecule has 0 aromatic carbocycles. The minimum absolute atomic E-state index is 0.422. The van der Waals surface area contributed by atoms with Crippen molar-refractivity contribution in [1.29, 1.82) is 0 Å². The average molecular weight is 335 g/mol. The van der Waals surface area contributed by atoms with E-state index >= 15 is 0 Å². The van der Waals surface area contributed by atoms with Crippen molar-refractivity contribution < 1.29 is 9.53 Å². The number of amides is 1. The lowest BCUT2D eigenvalue weighted by atomic mass is 9.88. The predicted molar refractivity (Wildman–Crippen MR) is 93.8 cm³/mol. The van der Waals surface area contributed by atoms with E-state index in [1.807, 2.05) is 0 Å². The fourth-order valence-corrected chi connectivity index (χ4v) is 5.23. The Kier molecular flexibility index (Phi) is 5.40. The molecule has 3 atom stereocenters. The highest BCUT2D eigenvalue weighted by Crippen LogP contribution is 2.33. The maximum absolute atomic E-state index is 12.7. The molecule has 1 unspecified atom stereocenters. The largest absolute Gasteiger partial charge is 0.379 e. The van der Waals surface area contributed by atoms with Crippen molar-refractivity contribution in [2.75, 3.05) is 45.9 Å². The number of fused-ring (bicyclic) bond motifs is 2. The van der Waals surface area contributed by atoms with Crippen molar-refractivity contribution in [2.45, 2.75) is 57.0 Å². The smallest absolute Gasteiger partial charge is 0.222 e. The molecule has 2 bridgehead atoms. The Balaban J connectivity index is 1.18. The Bertz CT molecular complexity index is 418. The van der Waals surface area contributed by atoms with Crippen LogP contribution in [0.1, 0.15) is 44.9 Å². The van der Waals surface area contributed by atoms with Gasteiger partial charge in [-0.2, -0.15) is 0 Å². The summed E-state index contributed by atoms with van der Waals surface area (Å²) in [5, 5.41) is 3.68. The lowest BCUT2D eigenvalue weighted by Crippen LogP contribution is -2.45. The van der Waals surface area contributed by atoms with Crippen LogP contribution in [0.5, 0.6) is 0 Å². The summed E-state index contributed by atoms with van der Waals surface area (Å²) >= 11 is 0. The maximum Gasteiger partial charge on any atom is 0.222 e. The van der Waals surface area contributed by atoms with Crippen LogP contribution in [0.3, 0.4) is 0 Å². The first-order valence-corrected chi connectivity index (χ1v) is 10.1. The lowest BCUT2D eigenvalue weighted by Gasteiger charge is -2.37. The fraction of sp³-hybridized carbons (Fsp3) is 0.947. The number of ether oxygens (including phenoxy) is 1. The van der Waals surface area contributed by atoms with Crippen LogP contribution in [0.25, 0.3) is 0 Å². The Labute approximate surface area is 146 Å². The molecule has 24 heavy (non-hydrogen) atoms. The first-order chi connectivity index (χ1) is 11.8. The van der Waals surface area contributed by atoms with E-state index in [9.17, 15) is 4.79 Å². The Morgan fingerprint density at radius 2 is 1.58 bits per heavy atom. The van der Waals surface area contributed by atoms with E-state index in [0.717, 1.165) is 51.7 Å². The van der Waals surface area contributed by atoms with E-state index in [2.05, 4.69) is 15.1 Å². The molecule has 4 aliphatic rings. The molecule has 0 saturated carbocycles. The van der Waals surface area contributed by atoms with Crippen molar-refractivity contribution >= 4 is 5.91 Å². The van der Waals surface area contributed by atoms with Crippen LogP contribution in [0, 0.1) is 11.8 Å². The van der Waals surface area contributed by atoms with Crippen LogP contribution in [0.2, 0.25) is 0 Å². The number of piperidine rings is 2. The van der Waals surface area contributed by atoms with Crippen molar-refractivity contribution in [3.05, 3.63) is 0 Å². The zero-order valence-corrected chi connectivity index (χ0v) is 14.9. The van der Waals surface area contributed by atoms with Gasteiger partial charge in [-0.05, 0) is 50.4 Å². The van der Waals surface area contributed by atoms with Gasteiger partial charge in [0, 0.05) is 51.2 Å². The van der Waals surface area contributed by atoms with E-state index in [-0.39, 0.29) is 0 Å². The van der Waals surface area contributed by atoms with Gasteiger partial charge in [-0.25, -0.2) is 0 Å². The van der Waals surface area contributed by atoms with E-state index in [1.165, 1.54) is 45.1 Å². The minimum Gasteiger partial charge on any atom is -0.379 e. The highest BCUT2D eigenvalue weighted by molar-refractivity contribution is 5.76. The predicted octanol–water partition coefficient (Wildman–Crippen LogP) is 1.48. The molecule has 1 amide bonds. The molecular formula is C19H33N3O2. The van der Waals surface area contributed by atoms with Crippen LogP contribution < -0.4 is 5.32 Å². The first kappa shape index (κ1) is 16.8. The molecule has 4 saturated heterocycles. The van der Waals surface area contributed by atoms with E-state index in [4.69, 9.17) is 4.74 Å². The molecule has 0 aromatic rings. The second-order valence-electron chi connectivity index (χ2n) is 8.42. The number of carbonyl (C=O) groups excluding carboxylic acids is 1. The second-order valence-corrected chi connectivity index (χ2v) is 8.42. The summed E-state index contributed by atoms with van der Waals surface area (Å²) in [6.07, 6.45) is 8.24. The zero-order valence-electron chi connectivity index (χ0n) is 14.9. The van der Waals surface area contributed by atoms with Crippen molar-refractivity contribution in [3.63, 3.8) is 0 Å². The average Bonchev–Trinajstić information content (AvgIpc) is 2.95. The molecule has 0 spiro atoms. The van der Waals surface area contributed by atoms with E-state index in [1.54, 1.807) is 0 Å². The highest BCUT2D eigenvalue weighted by atomic mass is 16.5. The van der Waals surface area contributed by atoms with Gasteiger partial charge in [0.15, 0.2) is 0 Å². The third-order valence-electron chi connectivity index (χ3n) is 6.62. The third-order valence-corrected chi connectivity index (χ3v) is 6.62. The van der Waals surface area contributed by atoms with Gasteiger partial charge in [0.05, 0.1) is 13.2 Å². The summed E-state index contributed by atoms with van der Waals surface area (Å²) in [5.74, 6) is 1.82. The molecule has 4 rings (SSSR count). The van der Waals surface area contributed by atoms with E-state index < -0.39 is 0 Å². The van der Waals surface area contributed by atoms with Gasteiger partial charge in [-0.3, -0.25) is 9.69 Å². The maximum atomic E-state index is 12.7. The molecule has 136 valence electrons. The summed E-state index contributed by atoms with van der Waals surface area (Å²) < 4.78 is 5.43.